The van der Waals surface area contributed by atoms with Gasteiger partial charge in [-0.05, 0) is 30.7 Å². The maximum absolute atomic E-state index is 12.7. The molecular weight excluding hydrogens is 342 g/mol. The number of amides is 1. The third-order valence-corrected chi connectivity index (χ3v) is 4.47. The van der Waals surface area contributed by atoms with Crippen LogP contribution in [0.15, 0.2) is 42.9 Å². The summed E-state index contributed by atoms with van der Waals surface area (Å²) in [6.07, 6.45) is 5.18. The van der Waals surface area contributed by atoms with Crippen LogP contribution < -0.4 is 10.2 Å². The number of anilines is 2. The fourth-order valence-electron chi connectivity index (χ4n) is 3.02. The lowest BCUT2D eigenvalue weighted by Crippen LogP contribution is -2.23. The number of halogens is 1. The van der Waals surface area contributed by atoms with Crippen molar-refractivity contribution in [1.29, 1.82) is 0 Å². The monoisotopic (exact) mass is 357 g/mol. The van der Waals surface area contributed by atoms with E-state index in [0.29, 0.717) is 34.9 Å². The van der Waals surface area contributed by atoms with Gasteiger partial charge < -0.3 is 15.3 Å². The molecule has 1 saturated heterocycles. The Kier molecular flexibility index (Phi) is 4.03. The Balaban J connectivity index is 1.66. The highest BCUT2D eigenvalue weighted by Crippen LogP contribution is 2.32. The van der Waals surface area contributed by atoms with Crippen molar-refractivity contribution in [3.8, 4) is 0 Å². The summed E-state index contributed by atoms with van der Waals surface area (Å²) in [5.74, 6) is -0.308. The van der Waals surface area contributed by atoms with E-state index in [2.05, 4.69) is 15.4 Å². The van der Waals surface area contributed by atoms with Gasteiger partial charge in [-0.2, -0.15) is 5.10 Å². The molecule has 0 bridgehead atoms. The van der Waals surface area contributed by atoms with Gasteiger partial charge in [-0.15, -0.1) is 0 Å². The summed E-state index contributed by atoms with van der Waals surface area (Å²) in [7, 11) is 0. The average Bonchev–Trinajstić information content (AvgIpc) is 3.21. The SMILES string of the molecule is O=C(Nc1cc(Cl)ccc1N1CCC(O)C1)c1cnn2cccnc12. The summed E-state index contributed by atoms with van der Waals surface area (Å²) in [5.41, 5.74) is 2.30. The molecule has 0 aliphatic carbocycles. The van der Waals surface area contributed by atoms with E-state index < -0.39 is 0 Å². The first-order valence-electron chi connectivity index (χ1n) is 7.94. The smallest absolute Gasteiger partial charge is 0.261 e. The fourth-order valence-corrected chi connectivity index (χ4v) is 3.19. The van der Waals surface area contributed by atoms with Crippen molar-refractivity contribution in [3.05, 3.63) is 53.4 Å². The number of carbonyl (C=O) groups is 1. The van der Waals surface area contributed by atoms with E-state index in [9.17, 15) is 9.90 Å². The number of β-amino-alcohol motifs (C(OH)–C–C–N with tert-alkyl or cyclic N) is 1. The third kappa shape index (κ3) is 3.04. The molecular formula is C17H16ClN5O2. The van der Waals surface area contributed by atoms with Gasteiger partial charge in [-0.3, -0.25) is 4.79 Å². The van der Waals surface area contributed by atoms with E-state index >= 15 is 0 Å². The Morgan fingerprint density at radius 3 is 3.08 bits per heavy atom. The van der Waals surface area contributed by atoms with Crippen molar-refractivity contribution in [2.45, 2.75) is 12.5 Å². The molecule has 0 radical (unpaired) electrons. The van der Waals surface area contributed by atoms with Gasteiger partial charge in [-0.25, -0.2) is 9.50 Å². The average molecular weight is 358 g/mol. The number of aliphatic hydroxyl groups is 1. The first-order valence-corrected chi connectivity index (χ1v) is 8.32. The number of rotatable bonds is 3. The number of nitrogens with zero attached hydrogens (tertiary/aromatic N) is 4. The molecule has 128 valence electrons. The molecule has 7 nitrogen and oxygen atoms in total. The van der Waals surface area contributed by atoms with Crippen LogP contribution in [0.3, 0.4) is 0 Å². The van der Waals surface area contributed by atoms with Gasteiger partial charge in [0.05, 0.1) is 23.7 Å². The van der Waals surface area contributed by atoms with E-state index in [-0.39, 0.29) is 12.0 Å². The molecule has 1 fully saturated rings. The van der Waals surface area contributed by atoms with E-state index in [1.807, 2.05) is 11.0 Å². The van der Waals surface area contributed by atoms with E-state index in [1.54, 1.807) is 35.1 Å². The normalized spacial score (nSPS) is 17.2. The molecule has 1 unspecified atom stereocenters. The summed E-state index contributed by atoms with van der Waals surface area (Å²) in [5, 5.41) is 17.3. The minimum atomic E-state index is -0.358. The van der Waals surface area contributed by atoms with Gasteiger partial charge in [0.25, 0.3) is 5.91 Å². The first kappa shape index (κ1) is 15.9. The van der Waals surface area contributed by atoms with Gasteiger partial charge in [0.15, 0.2) is 5.65 Å². The molecule has 25 heavy (non-hydrogen) atoms. The number of aliphatic hydroxyl groups excluding tert-OH is 1. The van der Waals surface area contributed by atoms with Gasteiger partial charge in [0, 0.05) is 30.5 Å². The molecule has 2 aromatic heterocycles. The molecule has 1 atom stereocenters. The quantitative estimate of drug-likeness (QED) is 0.751. The van der Waals surface area contributed by atoms with Crippen molar-refractivity contribution in [2.75, 3.05) is 23.3 Å². The maximum Gasteiger partial charge on any atom is 0.261 e. The molecule has 1 aromatic carbocycles. The Bertz CT molecular complexity index is 942. The van der Waals surface area contributed by atoms with Crippen LogP contribution in [-0.2, 0) is 0 Å². The zero-order valence-corrected chi connectivity index (χ0v) is 14.0. The predicted molar refractivity (Wildman–Crippen MR) is 95.2 cm³/mol. The predicted octanol–water partition coefficient (Wildman–Crippen LogP) is 2.21. The summed E-state index contributed by atoms with van der Waals surface area (Å²) < 4.78 is 1.55. The molecule has 8 heteroatoms. The molecule has 3 heterocycles. The lowest BCUT2D eigenvalue weighted by Gasteiger charge is -2.22. The summed E-state index contributed by atoms with van der Waals surface area (Å²) in [4.78, 5) is 19.0. The van der Waals surface area contributed by atoms with Crippen LogP contribution in [0, 0.1) is 0 Å². The van der Waals surface area contributed by atoms with Crippen molar-refractivity contribution < 1.29 is 9.90 Å². The van der Waals surface area contributed by atoms with E-state index in [1.165, 1.54) is 6.20 Å². The number of nitrogens with one attached hydrogen (secondary N) is 1. The molecule has 1 aliphatic rings. The standard InChI is InChI=1S/C17H16ClN5O2/c18-11-2-3-15(22-7-4-12(24)10-22)14(8-11)21-17(25)13-9-20-23-6-1-5-19-16(13)23/h1-3,5-6,8-9,12,24H,4,7,10H2,(H,21,25). The highest BCUT2D eigenvalue weighted by atomic mass is 35.5. The van der Waals surface area contributed by atoms with Crippen LogP contribution in [-0.4, -0.2) is 44.8 Å². The zero-order chi connectivity index (χ0) is 17.4. The van der Waals surface area contributed by atoms with Crippen LogP contribution in [0.5, 0.6) is 0 Å². The molecule has 2 N–H and O–H groups in total. The maximum atomic E-state index is 12.7. The van der Waals surface area contributed by atoms with Gasteiger partial charge >= 0.3 is 0 Å². The van der Waals surface area contributed by atoms with Crippen LogP contribution in [0.1, 0.15) is 16.8 Å². The minimum Gasteiger partial charge on any atom is -0.391 e. The van der Waals surface area contributed by atoms with E-state index in [0.717, 1.165) is 12.2 Å². The van der Waals surface area contributed by atoms with Crippen LogP contribution in [0.2, 0.25) is 5.02 Å². The van der Waals surface area contributed by atoms with Crippen molar-refractivity contribution in [1.82, 2.24) is 14.6 Å². The van der Waals surface area contributed by atoms with E-state index in [4.69, 9.17) is 11.6 Å². The Morgan fingerprint density at radius 1 is 1.40 bits per heavy atom. The van der Waals surface area contributed by atoms with Crippen LogP contribution in [0.4, 0.5) is 11.4 Å². The number of hydrogen-bond donors (Lipinski definition) is 2. The highest BCUT2D eigenvalue weighted by molar-refractivity contribution is 6.31. The molecule has 0 saturated carbocycles. The topological polar surface area (TPSA) is 82.8 Å². The molecule has 0 spiro atoms. The minimum absolute atomic E-state index is 0.308. The van der Waals surface area contributed by atoms with Gasteiger partial charge in [0.2, 0.25) is 0 Å². The number of benzene rings is 1. The summed E-state index contributed by atoms with van der Waals surface area (Å²) >= 11 is 6.11. The summed E-state index contributed by atoms with van der Waals surface area (Å²) in [6, 6.07) is 7.08. The van der Waals surface area contributed by atoms with Crippen molar-refractivity contribution >= 4 is 34.5 Å². The highest BCUT2D eigenvalue weighted by Gasteiger charge is 2.24. The number of carbonyl (C=O) groups excluding carboxylic acids is 1. The van der Waals surface area contributed by atoms with Gasteiger partial charge in [0.1, 0.15) is 5.56 Å². The van der Waals surface area contributed by atoms with Crippen LogP contribution in [0.25, 0.3) is 5.65 Å². The van der Waals surface area contributed by atoms with Crippen molar-refractivity contribution in [2.24, 2.45) is 0 Å². The lowest BCUT2D eigenvalue weighted by atomic mass is 10.2. The van der Waals surface area contributed by atoms with Crippen LogP contribution >= 0.6 is 11.6 Å². The number of aromatic nitrogens is 3. The molecule has 4 rings (SSSR count). The Hall–Kier alpha value is -2.64. The second-order valence-electron chi connectivity index (χ2n) is 5.95. The number of fused-ring (bicyclic) bond motifs is 1. The van der Waals surface area contributed by atoms with Gasteiger partial charge in [-0.1, -0.05) is 11.6 Å². The Morgan fingerprint density at radius 2 is 2.28 bits per heavy atom. The molecule has 1 aliphatic heterocycles. The summed E-state index contributed by atoms with van der Waals surface area (Å²) in [6.45, 7) is 1.26. The van der Waals surface area contributed by atoms with Crippen molar-refractivity contribution in [3.63, 3.8) is 0 Å². The molecule has 1 amide bonds. The molecule has 3 aromatic rings. The zero-order valence-electron chi connectivity index (χ0n) is 13.3. The second-order valence-corrected chi connectivity index (χ2v) is 6.39. The number of hydrogen-bond acceptors (Lipinski definition) is 5. The lowest BCUT2D eigenvalue weighted by molar-refractivity contribution is 0.102. The second kappa shape index (κ2) is 6.34. The largest absolute Gasteiger partial charge is 0.391 e. The first-order chi connectivity index (χ1) is 12.1. The fraction of sp³-hybridized carbons (Fsp3) is 0.235. The Labute approximate surface area is 148 Å². The third-order valence-electron chi connectivity index (χ3n) is 4.23.